The Kier molecular flexibility index (Phi) is 6.26. The molecule has 5 nitrogen and oxygen atoms in total. The van der Waals surface area contributed by atoms with E-state index >= 15 is 0 Å². The van der Waals surface area contributed by atoms with Crippen molar-refractivity contribution in [1.82, 2.24) is 4.90 Å². The van der Waals surface area contributed by atoms with Crippen LogP contribution in [0.2, 0.25) is 5.02 Å². The van der Waals surface area contributed by atoms with E-state index in [-0.39, 0.29) is 18.0 Å². The molecule has 0 fully saturated rings. The fourth-order valence-electron chi connectivity index (χ4n) is 1.80. The maximum Gasteiger partial charge on any atom is 0.241 e. The van der Waals surface area contributed by atoms with Gasteiger partial charge in [0.05, 0.1) is 23.4 Å². The molecule has 1 rings (SSSR count). The number of anilines is 2. The van der Waals surface area contributed by atoms with Gasteiger partial charge in [-0.1, -0.05) is 11.6 Å². The molecule has 0 aliphatic heterocycles. The van der Waals surface area contributed by atoms with E-state index in [4.69, 9.17) is 22.1 Å². The van der Waals surface area contributed by atoms with Crippen LogP contribution in [0.15, 0.2) is 18.2 Å². The Morgan fingerprint density at radius 3 is 2.70 bits per heavy atom. The molecule has 0 aliphatic carbocycles. The van der Waals surface area contributed by atoms with Gasteiger partial charge in [0.25, 0.3) is 0 Å². The number of amides is 1. The lowest BCUT2D eigenvalue weighted by molar-refractivity contribution is -0.121. The zero-order valence-corrected chi connectivity index (χ0v) is 13.1. The van der Waals surface area contributed by atoms with Crippen LogP contribution in [0.5, 0.6) is 0 Å². The molecule has 0 spiro atoms. The van der Waals surface area contributed by atoms with Crippen LogP contribution < -0.4 is 11.1 Å². The van der Waals surface area contributed by atoms with Crippen LogP contribution in [0, 0.1) is 0 Å². The summed E-state index contributed by atoms with van der Waals surface area (Å²) in [6.07, 6.45) is 0. The lowest BCUT2D eigenvalue weighted by Crippen LogP contribution is -2.45. The molecule has 6 heteroatoms. The molecule has 1 amide bonds. The van der Waals surface area contributed by atoms with E-state index in [0.29, 0.717) is 23.0 Å². The summed E-state index contributed by atoms with van der Waals surface area (Å²) in [6, 6.07) is 4.85. The maximum absolute atomic E-state index is 12.2. The van der Waals surface area contributed by atoms with Gasteiger partial charge < -0.3 is 15.8 Å². The number of carbonyl (C=O) groups excluding carboxylic acids is 1. The first-order chi connectivity index (χ1) is 9.36. The second-order valence-corrected chi connectivity index (χ2v) is 5.28. The highest BCUT2D eigenvalue weighted by molar-refractivity contribution is 6.34. The van der Waals surface area contributed by atoms with Gasteiger partial charge in [-0.05, 0) is 39.1 Å². The number of rotatable bonds is 6. The van der Waals surface area contributed by atoms with Crippen LogP contribution >= 0.6 is 11.6 Å². The number of ether oxygens (including phenoxy) is 1. The molecule has 20 heavy (non-hydrogen) atoms. The van der Waals surface area contributed by atoms with Crippen molar-refractivity contribution in [3.05, 3.63) is 23.2 Å². The van der Waals surface area contributed by atoms with Crippen molar-refractivity contribution in [3.63, 3.8) is 0 Å². The summed E-state index contributed by atoms with van der Waals surface area (Å²) in [4.78, 5) is 14.2. The number of benzene rings is 1. The minimum absolute atomic E-state index is 0.123. The van der Waals surface area contributed by atoms with Gasteiger partial charge in [-0.2, -0.15) is 0 Å². The molecule has 1 aromatic rings. The first-order valence-corrected chi connectivity index (χ1v) is 6.81. The Balaban J connectivity index is 2.70. The molecular formula is C14H22ClN3O2. The first-order valence-electron chi connectivity index (χ1n) is 6.43. The normalized spacial score (nSPS) is 14.1. The van der Waals surface area contributed by atoms with Gasteiger partial charge in [0.15, 0.2) is 0 Å². The number of hydrogen-bond acceptors (Lipinski definition) is 4. The second-order valence-electron chi connectivity index (χ2n) is 4.87. The fraction of sp³-hybridized carbons (Fsp3) is 0.500. The fourth-order valence-corrected chi connectivity index (χ4v) is 2.03. The molecule has 0 aliphatic rings. The predicted molar refractivity (Wildman–Crippen MR) is 83.1 cm³/mol. The molecule has 112 valence electrons. The van der Waals surface area contributed by atoms with Crippen LogP contribution in [0.1, 0.15) is 13.8 Å². The lowest BCUT2D eigenvalue weighted by Gasteiger charge is -2.29. The molecule has 2 unspecified atom stereocenters. The monoisotopic (exact) mass is 299 g/mol. The van der Waals surface area contributed by atoms with Crippen LogP contribution in [0.25, 0.3) is 0 Å². The van der Waals surface area contributed by atoms with E-state index in [9.17, 15) is 4.79 Å². The zero-order chi connectivity index (χ0) is 15.3. The van der Waals surface area contributed by atoms with Crippen molar-refractivity contribution < 1.29 is 9.53 Å². The van der Waals surface area contributed by atoms with E-state index in [1.165, 1.54) is 0 Å². The van der Waals surface area contributed by atoms with Gasteiger partial charge in [0.1, 0.15) is 0 Å². The van der Waals surface area contributed by atoms with Crippen molar-refractivity contribution in [2.24, 2.45) is 0 Å². The minimum atomic E-state index is -0.297. The smallest absolute Gasteiger partial charge is 0.241 e. The van der Waals surface area contributed by atoms with Gasteiger partial charge in [-0.3, -0.25) is 9.69 Å². The van der Waals surface area contributed by atoms with Gasteiger partial charge in [-0.25, -0.2) is 0 Å². The lowest BCUT2D eigenvalue weighted by atomic mass is 10.2. The Morgan fingerprint density at radius 2 is 2.15 bits per heavy atom. The number of nitrogens with two attached hydrogens (primary N) is 1. The number of methoxy groups -OCH3 is 1. The summed E-state index contributed by atoms with van der Waals surface area (Å²) in [5, 5.41) is 3.23. The second kappa shape index (κ2) is 7.47. The number of nitrogen functional groups attached to an aromatic ring is 1. The highest BCUT2D eigenvalue weighted by atomic mass is 35.5. The van der Waals surface area contributed by atoms with E-state index in [0.717, 1.165) is 0 Å². The molecule has 0 aromatic heterocycles. The quantitative estimate of drug-likeness (QED) is 0.790. The van der Waals surface area contributed by atoms with Crippen molar-refractivity contribution in [3.8, 4) is 0 Å². The number of likely N-dealkylation sites (N-methyl/N-ethyl adjacent to an activating group) is 1. The highest BCUT2D eigenvalue weighted by Crippen LogP contribution is 2.24. The number of carbonyl (C=O) groups is 1. The predicted octanol–water partition coefficient (Wildman–Crippen LogP) is 2.22. The number of hydrogen-bond donors (Lipinski definition) is 2. The van der Waals surface area contributed by atoms with Crippen molar-refractivity contribution >= 4 is 28.9 Å². The standard InChI is InChI=1S/C14H22ClN3O2/c1-9(8-20-4)18(3)10(2)14(19)17-13-6-5-11(16)7-12(13)15/h5-7,9-10H,8,16H2,1-4H3,(H,17,19). The molecule has 0 bridgehead atoms. The van der Waals surface area contributed by atoms with Gasteiger partial charge >= 0.3 is 0 Å². The molecule has 2 atom stereocenters. The number of nitrogens with one attached hydrogen (secondary N) is 1. The third-order valence-corrected chi connectivity index (χ3v) is 3.66. The Bertz CT molecular complexity index is 468. The van der Waals surface area contributed by atoms with Crippen LogP contribution in [0.3, 0.4) is 0 Å². The summed E-state index contributed by atoms with van der Waals surface area (Å²) in [5.41, 5.74) is 6.74. The summed E-state index contributed by atoms with van der Waals surface area (Å²) < 4.78 is 5.10. The Morgan fingerprint density at radius 1 is 1.50 bits per heavy atom. The first kappa shape index (κ1) is 16.8. The minimum Gasteiger partial charge on any atom is -0.399 e. The molecular weight excluding hydrogens is 278 g/mol. The molecule has 0 radical (unpaired) electrons. The summed E-state index contributed by atoms with van der Waals surface area (Å²) in [6.45, 7) is 4.41. The zero-order valence-electron chi connectivity index (χ0n) is 12.3. The summed E-state index contributed by atoms with van der Waals surface area (Å²) >= 11 is 6.04. The molecule has 0 saturated carbocycles. The molecule has 0 saturated heterocycles. The van der Waals surface area contributed by atoms with Gasteiger partial charge in [-0.15, -0.1) is 0 Å². The maximum atomic E-state index is 12.2. The largest absolute Gasteiger partial charge is 0.399 e. The van der Waals surface area contributed by atoms with E-state index < -0.39 is 0 Å². The average Bonchev–Trinajstić information content (AvgIpc) is 2.40. The summed E-state index contributed by atoms with van der Waals surface area (Å²) in [5.74, 6) is -0.123. The third-order valence-electron chi connectivity index (χ3n) is 3.34. The van der Waals surface area contributed by atoms with Crippen LogP contribution in [0.4, 0.5) is 11.4 Å². The molecule has 0 heterocycles. The van der Waals surface area contributed by atoms with Crippen molar-refractivity contribution in [1.29, 1.82) is 0 Å². The number of nitrogens with zero attached hydrogens (tertiary/aromatic N) is 1. The Hall–Kier alpha value is -1.30. The van der Waals surface area contributed by atoms with Crippen LogP contribution in [-0.4, -0.2) is 43.7 Å². The molecule has 1 aromatic carbocycles. The molecule has 3 N–H and O–H groups in total. The van der Waals surface area contributed by atoms with E-state index in [2.05, 4.69) is 5.32 Å². The average molecular weight is 300 g/mol. The van der Waals surface area contributed by atoms with Gasteiger partial charge in [0, 0.05) is 18.8 Å². The third kappa shape index (κ3) is 4.37. The highest BCUT2D eigenvalue weighted by Gasteiger charge is 2.22. The Labute approximate surface area is 125 Å². The van der Waals surface area contributed by atoms with Gasteiger partial charge in [0.2, 0.25) is 5.91 Å². The van der Waals surface area contributed by atoms with E-state index in [1.807, 2.05) is 25.8 Å². The van der Waals surface area contributed by atoms with E-state index in [1.54, 1.807) is 25.3 Å². The number of halogens is 1. The van der Waals surface area contributed by atoms with Crippen LogP contribution in [-0.2, 0) is 9.53 Å². The topological polar surface area (TPSA) is 67.6 Å². The van der Waals surface area contributed by atoms with Crippen molar-refractivity contribution in [2.45, 2.75) is 25.9 Å². The van der Waals surface area contributed by atoms with Crippen molar-refractivity contribution in [2.75, 3.05) is 31.8 Å². The SMILES string of the molecule is COCC(C)N(C)C(C)C(=O)Nc1ccc(N)cc1Cl. The summed E-state index contributed by atoms with van der Waals surface area (Å²) in [7, 11) is 3.53.